The number of aromatic nitrogens is 3. The summed E-state index contributed by atoms with van der Waals surface area (Å²) in [5.41, 5.74) is 2.41. The molecular weight excluding hydrogens is 576 g/mol. The highest BCUT2D eigenvalue weighted by molar-refractivity contribution is 6.05. The second kappa shape index (κ2) is 12.8. The van der Waals surface area contributed by atoms with Gasteiger partial charge in [0.2, 0.25) is 11.8 Å². The van der Waals surface area contributed by atoms with Gasteiger partial charge in [0.25, 0.3) is 11.8 Å². The summed E-state index contributed by atoms with van der Waals surface area (Å²) in [6, 6.07) is 16.2. The molecule has 2 aromatic carbocycles. The molecule has 2 aliphatic heterocycles. The Morgan fingerprint density at radius 1 is 1.07 bits per heavy atom. The number of benzene rings is 2. The fourth-order valence-corrected chi connectivity index (χ4v) is 6.10. The van der Waals surface area contributed by atoms with Gasteiger partial charge in [0.15, 0.2) is 17.2 Å². The summed E-state index contributed by atoms with van der Waals surface area (Å²) in [5, 5.41) is 8.45. The molecule has 2 aromatic heterocycles. The Bertz CT molecular complexity index is 1740. The number of pyridine rings is 1. The Labute approximate surface area is 260 Å². The van der Waals surface area contributed by atoms with Crippen molar-refractivity contribution in [3.63, 3.8) is 0 Å². The molecule has 2 atom stereocenters. The summed E-state index contributed by atoms with van der Waals surface area (Å²) < 4.78 is 19.0. The third-order valence-electron chi connectivity index (χ3n) is 8.26. The van der Waals surface area contributed by atoms with Gasteiger partial charge in [-0.2, -0.15) is 5.10 Å². The smallest absolute Gasteiger partial charge is 0.275 e. The number of hydrogen-bond acceptors (Lipinski definition) is 8. The molecule has 1 fully saturated rings. The highest BCUT2D eigenvalue weighted by Gasteiger charge is 2.39. The lowest BCUT2D eigenvalue weighted by atomic mass is 9.94. The van der Waals surface area contributed by atoms with E-state index in [-0.39, 0.29) is 54.7 Å². The summed E-state index contributed by atoms with van der Waals surface area (Å²) in [6.45, 7) is 3.17. The van der Waals surface area contributed by atoms with E-state index in [9.17, 15) is 14.4 Å². The molecule has 4 aromatic rings. The number of hydrogen-bond donors (Lipinski definition) is 1. The molecular formula is C33H36N6O6. The first-order valence-electron chi connectivity index (χ1n) is 15.1. The molecule has 234 valence electrons. The Kier molecular flexibility index (Phi) is 8.54. The van der Waals surface area contributed by atoms with Crippen LogP contribution in [0.25, 0.3) is 10.9 Å². The maximum Gasteiger partial charge on any atom is 0.275 e. The van der Waals surface area contributed by atoms with E-state index in [0.717, 1.165) is 16.5 Å². The topological polar surface area (TPSA) is 128 Å². The van der Waals surface area contributed by atoms with Crippen molar-refractivity contribution in [3.8, 4) is 17.4 Å². The SMILES string of the molecule is CCOc1ncccc1C(=O)N1CCCOc2cc(ccc2OC)[C@H]2CN(C(=O)c3nn(C)c4ccccc34)C[C@@H]2NC(=O)C1. The zero-order valence-electron chi connectivity index (χ0n) is 25.6. The van der Waals surface area contributed by atoms with E-state index in [1.807, 2.05) is 56.4 Å². The Morgan fingerprint density at radius 2 is 1.91 bits per heavy atom. The van der Waals surface area contributed by atoms with E-state index in [1.54, 1.807) is 35.0 Å². The van der Waals surface area contributed by atoms with E-state index in [2.05, 4.69) is 15.4 Å². The summed E-state index contributed by atoms with van der Waals surface area (Å²) in [7, 11) is 3.39. The predicted octanol–water partition coefficient (Wildman–Crippen LogP) is 3.02. The fourth-order valence-electron chi connectivity index (χ4n) is 6.10. The summed E-state index contributed by atoms with van der Waals surface area (Å²) in [6.07, 6.45) is 2.04. The lowest BCUT2D eigenvalue weighted by molar-refractivity contribution is -0.122. The lowest BCUT2D eigenvalue weighted by Gasteiger charge is -2.25. The first-order chi connectivity index (χ1) is 21.9. The number of carbonyl (C=O) groups excluding carboxylic acids is 3. The number of rotatable bonds is 5. The van der Waals surface area contributed by atoms with Crippen molar-refractivity contribution in [1.29, 1.82) is 0 Å². The highest BCUT2D eigenvalue weighted by Crippen LogP contribution is 2.36. The number of amides is 3. The average molecular weight is 613 g/mol. The number of nitrogens with zero attached hydrogens (tertiary/aromatic N) is 5. The molecule has 6 rings (SSSR count). The normalized spacial score (nSPS) is 18.6. The van der Waals surface area contributed by atoms with Crippen LogP contribution in [0.1, 0.15) is 45.7 Å². The molecule has 2 bridgehead atoms. The molecule has 2 aliphatic rings. The number of para-hydroxylation sites is 1. The molecule has 3 amide bonds. The van der Waals surface area contributed by atoms with Gasteiger partial charge >= 0.3 is 0 Å². The van der Waals surface area contributed by atoms with Crippen LogP contribution in [0.2, 0.25) is 0 Å². The fraction of sp³-hybridized carbons (Fsp3) is 0.364. The Hall–Kier alpha value is -5.13. The van der Waals surface area contributed by atoms with Gasteiger partial charge < -0.3 is 29.3 Å². The van der Waals surface area contributed by atoms with Crippen molar-refractivity contribution >= 4 is 28.6 Å². The minimum Gasteiger partial charge on any atom is -0.493 e. The van der Waals surface area contributed by atoms with Crippen molar-refractivity contribution in [2.24, 2.45) is 7.05 Å². The quantitative estimate of drug-likeness (QED) is 0.365. The van der Waals surface area contributed by atoms with Gasteiger partial charge in [-0.15, -0.1) is 0 Å². The van der Waals surface area contributed by atoms with Gasteiger partial charge in [0.1, 0.15) is 5.56 Å². The molecule has 0 radical (unpaired) electrons. The number of likely N-dealkylation sites (tertiary alicyclic amines) is 1. The zero-order valence-corrected chi connectivity index (χ0v) is 25.6. The van der Waals surface area contributed by atoms with Crippen molar-refractivity contribution in [3.05, 3.63) is 77.6 Å². The number of ether oxygens (including phenoxy) is 3. The minimum absolute atomic E-state index is 0.178. The van der Waals surface area contributed by atoms with E-state index >= 15 is 0 Å². The van der Waals surface area contributed by atoms with Crippen LogP contribution in [0, 0.1) is 0 Å². The number of carbonyl (C=O) groups is 3. The van der Waals surface area contributed by atoms with Crippen LogP contribution in [0.3, 0.4) is 0 Å². The first kappa shape index (κ1) is 29.9. The van der Waals surface area contributed by atoms with E-state index < -0.39 is 6.04 Å². The molecule has 1 N–H and O–H groups in total. The van der Waals surface area contributed by atoms with E-state index in [4.69, 9.17) is 14.2 Å². The Morgan fingerprint density at radius 3 is 2.73 bits per heavy atom. The standard InChI is InChI=1S/C33H36N6O6/c1-4-44-31-23(10-7-14-34-31)32(41)38-15-8-16-45-28-17-21(12-13-27(28)43-3)24-18-39(19-25(24)35-29(40)20-38)33(42)30-22-9-5-6-11-26(22)37(2)36-30/h5-7,9-14,17,24-25H,4,8,15-16,18-20H2,1-3H3,(H,35,40)/t24-,25+/m1/s1. The molecule has 0 aliphatic carbocycles. The zero-order chi connectivity index (χ0) is 31.5. The van der Waals surface area contributed by atoms with Crippen LogP contribution in [0.5, 0.6) is 17.4 Å². The summed E-state index contributed by atoms with van der Waals surface area (Å²) in [4.78, 5) is 48.6. The van der Waals surface area contributed by atoms with Crippen LogP contribution in [-0.4, -0.2) is 94.8 Å². The number of nitrogens with one attached hydrogen (secondary N) is 1. The highest BCUT2D eigenvalue weighted by atomic mass is 16.5. The molecule has 1 saturated heterocycles. The van der Waals surface area contributed by atoms with Crippen molar-refractivity contribution in [1.82, 2.24) is 29.9 Å². The molecule has 12 nitrogen and oxygen atoms in total. The number of aryl methyl sites for hydroxylation is 1. The molecule has 0 saturated carbocycles. The van der Waals surface area contributed by atoms with Crippen molar-refractivity contribution < 1.29 is 28.6 Å². The van der Waals surface area contributed by atoms with Crippen LogP contribution in [0.15, 0.2) is 60.8 Å². The maximum absolute atomic E-state index is 13.9. The Balaban J connectivity index is 1.31. The number of fused-ring (bicyclic) bond motifs is 5. The monoisotopic (exact) mass is 612 g/mol. The van der Waals surface area contributed by atoms with Gasteiger partial charge in [-0.25, -0.2) is 4.98 Å². The van der Waals surface area contributed by atoms with Gasteiger partial charge in [-0.3, -0.25) is 19.1 Å². The third-order valence-corrected chi connectivity index (χ3v) is 8.26. The van der Waals surface area contributed by atoms with Gasteiger partial charge in [-0.1, -0.05) is 24.3 Å². The van der Waals surface area contributed by atoms with Crippen LogP contribution >= 0.6 is 0 Å². The third kappa shape index (κ3) is 6.00. The van der Waals surface area contributed by atoms with E-state index in [1.165, 1.54) is 4.90 Å². The minimum atomic E-state index is -0.423. The van der Waals surface area contributed by atoms with Gasteiger partial charge in [0.05, 0.1) is 38.4 Å². The molecule has 45 heavy (non-hydrogen) atoms. The molecule has 12 heteroatoms. The van der Waals surface area contributed by atoms with Gasteiger partial charge in [0, 0.05) is 44.2 Å². The average Bonchev–Trinajstić information content (AvgIpc) is 3.63. The van der Waals surface area contributed by atoms with Crippen LogP contribution in [-0.2, 0) is 11.8 Å². The van der Waals surface area contributed by atoms with Crippen molar-refractivity contribution in [2.75, 3.05) is 46.5 Å². The molecule has 0 spiro atoms. The largest absolute Gasteiger partial charge is 0.493 e. The first-order valence-corrected chi connectivity index (χ1v) is 15.1. The second-order valence-corrected chi connectivity index (χ2v) is 11.1. The van der Waals surface area contributed by atoms with Crippen LogP contribution in [0.4, 0.5) is 0 Å². The van der Waals surface area contributed by atoms with Gasteiger partial charge in [-0.05, 0) is 49.2 Å². The van der Waals surface area contributed by atoms with Crippen molar-refractivity contribution in [2.45, 2.75) is 25.3 Å². The summed E-state index contributed by atoms with van der Waals surface area (Å²) in [5.74, 6) is 0.208. The predicted molar refractivity (Wildman–Crippen MR) is 166 cm³/mol. The second-order valence-electron chi connectivity index (χ2n) is 11.1. The maximum atomic E-state index is 13.9. The lowest BCUT2D eigenvalue weighted by Crippen LogP contribution is -2.47. The molecule has 0 unspecified atom stereocenters. The molecule has 4 heterocycles. The van der Waals surface area contributed by atoms with Crippen LogP contribution < -0.4 is 19.5 Å². The number of methoxy groups -OCH3 is 1. The summed E-state index contributed by atoms with van der Waals surface area (Å²) >= 11 is 0. The van der Waals surface area contributed by atoms with E-state index in [0.29, 0.717) is 43.4 Å².